The Balaban J connectivity index is 1.32. The fourth-order valence-corrected chi connectivity index (χ4v) is 4.33. The average Bonchev–Trinajstić information content (AvgIpc) is 3.16. The zero-order chi connectivity index (χ0) is 25.0. The molecule has 0 aromatic heterocycles. The molecule has 188 valence electrons. The molecule has 0 spiro atoms. The van der Waals surface area contributed by atoms with Crippen molar-refractivity contribution in [1.82, 2.24) is 10.6 Å². The van der Waals surface area contributed by atoms with E-state index in [1.807, 2.05) is 31.2 Å². The number of amides is 2. The molecular weight excluding hydrogens is 448 g/mol. The molecule has 2 aromatic carbocycles. The van der Waals surface area contributed by atoms with Crippen LogP contribution in [0.1, 0.15) is 56.1 Å². The van der Waals surface area contributed by atoms with Crippen LogP contribution >= 0.6 is 0 Å². The van der Waals surface area contributed by atoms with E-state index < -0.39 is 12.1 Å². The van der Waals surface area contributed by atoms with E-state index in [4.69, 9.17) is 14.6 Å². The first-order valence-electron chi connectivity index (χ1n) is 12.2. The summed E-state index contributed by atoms with van der Waals surface area (Å²) < 4.78 is 10.9. The van der Waals surface area contributed by atoms with E-state index in [-0.39, 0.29) is 57.1 Å². The standard InChI is InChI=1S/C27H34N2O6/c1-2-3-8-19(17-26(31)32)29-25(30)13-15-34-16-14-28-27(33)35-18-24-22-11-6-4-9-20(22)21-10-5-7-12-23(21)24/h4-7,9-12,19,24H,2-3,8,13-18H2,1H3,(H,28,33)(H,29,30)(H,31,32)/t19-/m0/s1. The summed E-state index contributed by atoms with van der Waals surface area (Å²) in [4.78, 5) is 35.2. The van der Waals surface area contributed by atoms with Crippen molar-refractivity contribution in [2.75, 3.05) is 26.4 Å². The van der Waals surface area contributed by atoms with Gasteiger partial charge in [0.25, 0.3) is 0 Å². The fraction of sp³-hybridized carbons (Fsp3) is 0.444. The van der Waals surface area contributed by atoms with Crippen LogP contribution in [0.3, 0.4) is 0 Å². The summed E-state index contributed by atoms with van der Waals surface area (Å²) in [6.45, 7) is 2.95. The summed E-state index contributed by atoms with van der Waals surface area (Å²) in [5.74, 6) is -1.16. The van der Waals surface area contributed by atoms with Crippen LogP contribution in [-0.4, -0.2) is 55.5 Å². The van der Waals surface area contributed by atoms with Gasteiger partial charge in [-0.15, -0.1) is 0 Å². The van der Waals surface area contributed by atoms with E-state index in [2.05, 4.69) is 34.9 Å². The van der Waals surface area contributed by atoms with E-state index in [0.29, 0.717) is 6.42 Å². The summed E-state index contributed by atoms with van der Waals surface area (Å²) in [7, 11) is 0. The largest absolute Gasteiger partial charge is 0.481 e. The lowest BCUT2D eigenvalue weighted by atomic mass is 9.98. The van der Waals surface area contributed by atoms with Crippen LogP contribution in [0.4, 0.5) is 4.79 Å². The Morgan fingerprint density at radius 2 is 1.66 bits per heavy atom. The molecule has 0 radical (unpaired) electrons. The maximum atomic E-state index is 12.2. The van der Waals surface area contributed by atoms with Crippen molar-refractivity contribution >= 4 is 18.0 Å². The van der Waals surface area contributed by atoms with Gasteiger partial charge in [-0.25, -0.2) is 4.79 Å². The number of aliphatic carboxylic acids is 1. The molecule has 3 N–H and O–H groups in total. The number of fused-ring (bicyclic) bond motifs is 3. The maximum Gasteiger partial charge on any atom is 0.407 e. The second-order valence-electron chi connectivity index (χ2n) is 8.62. The Bertz CT molecular complexity index is 963. The summed E-state index contributed by atoms with van der Waals surface area (Å²) in [6, 6.07) is 16.0. The molecule has 8 nitrogen and oxygen atoms in total. The number of hydrogen-bond donors (Lipinski definition) is 3. The Labute approximate surface area is 206 Å². The molecule has 0 saturated carbocycles. The number of nitrogens with one attached hydrogen (secondary N) is 2. The average molecular weight is 483 g/mol. The highest BCUT2D eigenvalue weighted by molar-refractivity contribution is 5.79. The maximum absolute atomic E-state index is 12.2. The van der Waals surface area contributed by atoms with Gasteiger partial charge in [0.1, 0.15) is 6.61 Å². The second kappa shape index (κ2) is 13.5. The van der Waals surface area contributed by atoms with Crippen molar-refractivity contribution in [3.05, 3.63) is 59.7 Å². The van der Waals surface area contributed by atoms with Crippen molar-refractivity contribution in [2.45, 2.75) is 51.0 Å². The normalized spacial score (nSPS) is 12.9. The quantitative estimate of drug-likeness (QED) is 0.350. The van der Waals surface area contributed by atoms with Gasteiger partial charge in [0.15, 0.2) is 0 Å². The van der Waals surface area contributed by atoms with E-state index >= 15 is 0 Å². The highest BCUT2D eigenvalue weighted by atomic mass is 16.5. The second-order valence-corrected chi connectivity index (χ2v) is 8.62. The van der Waals surface area contributed by atoms with Crippen molar-refractivity contribution in [2.24, 2.45) is 0 Å². The number of benzene rings is 2. The molecule has 0 fully saturated rings. The Hall–Kier alpha value is -3.39. The van der Waals surface area contributed by atoms with Gasteiger partial charge in [0, 0.05) is 24.9 Å². The zero-order valence-corrected chi connectivity index (χ0v) is 20.1. The van der Waals surface area contributed by atoms with Gasteiger partial charge in [0.2, 0.25) is 5.91 Å². The van der Waals surface area contributed by atoms with Crippen molar-refractivity contribution in [1.29, 1.82) is 0 Å². The molecule has 35 heavy (non-hydrogen) atoms. The van der Waals surface area contributed by atoms with Crippen LogP contribution in [0.25, 0.3) is 11.1 Å². The zero-order valence-electron chi connectivity index (χ0n) is 20.1. The predicted octanol–water partition coefficient (Wildman–Crippen LogP) is 4.08. The monoisotopic (exact) mass is 482 g/mol. The van der Waals surface area contributed by atoms with Crippen LogP contribution in [-0.2, 0) is 19.1 Å². The van der Waals surface area contributed by atoms with Gasteiger partial charge in [0.05, 0.1) is 19.6 Å². The molecule has 0 unspecified atom stereocenters. The van der Waals surface area contributed by atoms with E-state index in [0.717, 1.165) is 24.0 Å². The van der Waals surface area contributed by atoms with Gasteiger partial charge in [-0.05, 0) is 28.7 Å². The van der Waals surface area contributed by atoms with Crippen LogP contribution in [0.5, 0.6) is 0 Å². The summed E-state index contributed by atoms with van der Waals surface area (Å²) in [5, 5.41) is 14.4. The number of alkyl carbamates (subject to hydrolysis) is 1. The van der Waals surface area contributed by atoms with Crippen LogP contribution < -0.4 is 10.6 Å². The highest BCUT2D eigenvalue weighted by Gasteiger charge is 2.28. The molecule has 8 heteroatoms. The number of carboxylic acid groups (broad SMARTS) is 1. The SMILES string of the molecule is CCCC[C@@H](CC(=O)O)NC(=O)CCOCCNC(=O)OCC1c2ccccc2-c2ccccc21. The Kier molecular flexibility index (Phi) is 10.1. The molecule has 0 aliphatic heterocycles. The van der Waals surface area contributed by atoms with Gasteiger partial charge in [-0.2, -0.15) is 0 Å². The minimum absolute atomic E-state index is 0.00481. The van der Waals surface area contributed by atoms with Crippen molar-refractivity contribution < 1.29 is 29.0 Å². The van der Waals surface area contributed by atoms with E-state index in [9.17, 15) is 14.4 Å². The third kappa shape index (κ3) is 7.82. The lowest BCUT2D eigenvalue weighted by molar-refractivity contribution is -0.137. The third-order valence-electron chi connectivity index (χ3n) is 6.03. The van der Waals surface area contributed by atoms with Gasteiger partial charge >= 0.3 is 12.1 Å². The van der Waals surface area contributed by atoms with Gasteiger partial charge < -0.3 is 25.2 Å². The smallest absolute Gasteiger partial charge is 0.407 e. The number of carbonyl (C=O) groups is 3. The van der Waals surface area contributed by atoms with Crippen LogP contribution in [0.2, 0.25) is 0 Å². The Morgan fingerprint density at radius 3 is 2.29 bits per heavy atom. The van der Waals surface area contributed by atoms with Crippen molar-refractivity contribution in [3.8, 4) is 11.1 Å². The first-order chi connectivity index (χ1) is 17.0. The number of carboxylic acids is 1. The molecule has 1 aliphatic rings. The Morgan fingerprint density at radius 1 is 1.00 bits per heavy atom. The minimum atomic E-state index is -0.929. The third-order valence-corrected chi connectivity index (χ3v) is 6.03. The van der Waals surface area contributed by atoms with Gasteiger partial charge in [-0.1, -0.05) is 68.3 Å². The molecule has 0 saturated heterocycles. The lowest BCUT2D eigenvalue weighted by Crippen LogP contribution is -2.37. The van der Waals surface area contributed by atoms with Gasteiger partial charge in [-0.3, -0.25) is 9.59 Å². The lowest BCUT2D eigenvalue weighted by Gasteiger charge is -2.16. The number of rotatable bonds is 14. The minimum Gasteiger partial charge on any atom is -0.481 e. The summed E-state index contributed by atoms with van der Waals surface area (Å²) in [6.07, 6.45) is 1.96. The number of ether oxygens (including phenoxy) is 2. The predicted molar refractivity (Wildman–Crippen MR) is 132 cm³/mol. The van der Waals surface area contributed by atoms with Crippen molar-refractivity contribution in [3.63, 3.8) is 0 Å². The first kappa shape index (κ1) is 26.2. The molecule has 0 bridgehead atoms. The number of carbonyl (C=O) groups excluding carboxylic acids is 2. The molecule has 3 rings (SSSR count). The van der Waals surface area contributed by atoms with E-state index in [1.165, 1.54) is 11.1 Å². The number of hydrogen-bond acceptors (Lipinski definition) is 5. The highest BCUT2D eigenvalue weighted by Crippen LogP contribution is 2.44. The fourth-order valence-electron chi connectivity index (χ4n) is 4.33. The summed E-state index contributed by atoms with van der Waals surface area (Å²) >= 11 is 0. The molecule has 1 aliphatic carbocycles. The summed E-state index contributed by atoms with van der Waals surface area (Å²) in [5.41, 5.74) is 4.66. The topological polar surface area (TPSA) is 114 Å². The number of unbranched alkanes of at least 4 members (excludes halogenated alkanes) is 1. The molecule has 2 aromatic rings. The molecule has 1 atom stereocenters. The first-order valence-corrected chi connectivity index (χ1v) is 12.2. The molecule has 0 heterocycles. The molecular formula is C27H34N2O6. The molecule has 2 amide bonds. The van der Waals surface area contributed by atoms with Crippen LogP contribution in [0, 0.1) is 0 Å². The van der Waals surface area contributed by atoms with E-state index in [1.54, 1.807) is 0 Å². The van der Waals surface area contributed by atoms with Crippen LogP contribution in [0.15, 0.2) is 48.5 Å².